The van der Waals surface area contributed by atoms with Crippen LogP contribution in [0.2, 0.25) is 5.02 Å². The average molecular weight is 519 g/mol. The highest BCUT2D eigenvalue weighted by atomic mass is 35.5. The van der Waals surface area contributed by atoms with Gasteiger partial charge in [-0.05, 0) is 71.6 Å². The van der Waals surface area contributed by atoms with Crippen molar-refractivity contribution in [3.63, 3.8) is 0 Å². The predicted molar refractivity (Wildman–Crippen MR) is 146 cm³/mol. The number of anilines is 1. The fraction of sp³-hybridized carbons (Fsp3) is 0.219. The van der Waals surface area contributed by atoms with Crippen molar-refractivity contribution >= 4 is 45.5 Å². The lowest BCUT2D eigenvalue weighted by Crippen LogP contribution is -2.55. The Balaban J connectivity index is 1.51. The number of amides is 1. The second kappa shape index (κ2) is 7.40. The number of carbonyl (C=O) groups is 3. The molecule has 5 nitrogen and oxygen atoms in total. The lowest BCUT2D eigenvalue weighted by molar-refractivity contribution is -0.122. The van der Waals surface area contributed by atoms with Crippen LogP contribution in [0.3, 0.4) is 0 Å². The van der Waals surface area contributed by atoms with Gasteiger partial charge in [-0.15, -0.1) is 0 Å². The SMILES string of the molecule is O=C(c1ccc(Cl)cc1)[C@H]1[C@]2(C(=O)Nc3ccccc32)C2CCCN2[C@]12C(=O)c1cccc3cccc2c13. The van der Waals surface area contributed by atoms with E-state index in [9.17, 15) is 14.4 Å². The number of rotatable bonds is 2. The Morgan fingerprint density at radius 2 is 1.63 bits per heavy atom. The van der Waals surface area contributed by atoms with E-state index in [1.807, 2.05) is 60.7 Å². The fourth-order valence-electron chi connectivity index (χ4n) is 8.19. The summed E-state index contributed by atoms with van der Waals surface area (Å²) in [5.41, 5.74) is 0.954. The molecule has 4 atom stereocenters. The summed E-state index contributed by atoms with van der Waals surface area (Å²) in [6.45, 7) is 0.641. The topological polar surface area (TPSA) is 66.5 Å². The molecule has 186 valence electrons. The number of ketones is 2. The van der Waals surface area contributed by atoms with Crippen molar-refractivity contribution in [2.24, 2.45) is 5.92 Å². The Morgan fingerprint density at radius 3 is 2.45 bits per heavy atom. The van der Waals surface area contributed by atoms with Crippen LogP contribution in [-0.4, -0.2) is 35.0 Å². The highest BCUT2D eigenvalue weighted by Crippen LogP contribution is 2.67. The molecule has 2 spiro atoms. The molecule has 3 aliphatic heterocycles. The van der Waals surface area contributed by atoms with Gasteiger partial charge in [0.15, 0.2) is 11.6 Å². The first kappa shape index (κ1) is 22.2. The Morgan fingerprint density at radius 1 is 0.895 bits per heavy atom. The number of fused-ring (bicyclic) bond motifs is 6. The molecule has 0 radical (unpaired) electrons. The molecule has 1 N–H and O–H groups in total. The van der Waals surface area contributed by atoms with Crippen LogP contribution in [0.1, 0.15) is 44.7 Å². The van der Waals surface area contributed by atoms with E-state index in [2.05, 4.69) is 10.2 Å². The number of halogens is 1. The highest BCUT2D eigenvalue weighted by molar-refractivity contribution is 6.30. The third-order valence-electron chi connectivity index (χ3n) is 9.40. The van der Waals surface area contributed by atoms with Crippen LogP contribution in [0.4, 0.5) is 5.69 Å². The highest BCUT2D eigenvalue weighted by Gasteiger charge is 2.78. The Bertz CT molecular complexity index is 1730. The van der Waals surface area contributed by atoms with E-state index in [4.69, 9.17) is 11.6 Å². The molecule has 0 aromatic heterocycles. The van der Waals surface area contributed by atoms with Gasteiger partial charge in [0, 0.05) is 27.9 Å². The van der Waals surface area contributed by atoms with Crippen LogP contribution >= 0.6 is 11.6 Å². The number of nitrogens with one attached hydrogen (secondary N) is 1. The van der Waals surface area contributed by atoms with Crippen LogP contribution in [-0.2, 0) is 15.7 Å². The van der Waals surface area contributed by atoms with Gasteiger partial charge in [-0.2, -0.15) is 0 Å². The second-order valence-corrected chi connectivity index (χ2v) is 11.3. The number of hydrogen-bond acceptors (Lipinski definition) is 4. The Kier molecular flexibility index (Phi) is 4.33. The minimum absolute atomic E-state index is 0.0856. The first-order chi connectivity index (χ1) is 18.5. The van der Waals surface area contributed by atoms with Gasteiger partial charge in [-0.25, -0.2) is 0 Å². The number of para-hydroxylation sites is 1. The van der Waals surface area contributed by atoms with E-state index in [-0.39, 0.29) is 23.5 Å². The van der Waals surface area contributed by atoms with Crippen molar-refractivity contribution in [3.05, 3.63) is 112 Å². The minimum atomic E-state index is -1.28. The maximum atomic E-state index is 14.9. The van der Waals surface area contributed by atoms with Crippen LogP contribution in [0.5, 0.6) is 0 Å². The predicted octanol–water partition coefficient (Wildman–Crippen LogP) is 5.75. The summed E-state index contributed by atoms with van der Waals surface area (Å²) in [6, 6.07) is 25.9. The van der Waals surface area contributed by atoms with Crippen molar-refractivity contribution in [1.82, 2.24) is 4.90 Å². The van der Waals surface area contributed by atoms with E-state index < -0.39 is 16.9 Å². The smallest absolute Gasteiger partial charge is 0.237 e. The third-order valence-corrected chi connectivity index (χ3v) is 9.65. The molecule has 8 rings (SSSR count). The van der Waals surface area contributed by atoms with Gasteiger partial charge in [-0.3, -0.25) is 19.3 Å². The molecule has 3 heterocycles. The second-order valence-electron chi connectivity index (χ2n) is 10.8. The molecule has 0 saturated carbocycles. The molecular weight excluding hydrogens is 496 g/mol. The number of hydrogen-bond donors (Lipinski definition) is 1. The Labute approximate surface area is 224 Å². The lowest BCUT2D eigenvalue weighted by Gasteiger charge is -2.39. The van der Waals surface area contributed by atoms with Gasteiger partial charge in [0.1, 0.15) is 11.0 Å². The normalized spacial score (nSPS) is 28.9. The summed E-state index contributed by atoms with van der Waals surface area (Å²) in [6.07, 6.45) is 1.58. The van der Waals surface area contributed by atoms with Crippen molar-refractivity contribution in [2.45, 2.75) is 29.8 Å². The third kappa shape index (κ3) is 2.36. The van der Waals surface area contributed by atoms with Gasteiger partial charge in [0.25, 0.3) is 0 Å². The zero-order valence-electron chi connectivity index (χ0n) is 20.4. The molecule has 6 heteroatoms. The summed E-state index contributed by atoms with van der Waals surface area (Å²) >= 11 is 6.19. The van der Waals surface area contributed by atoms with Crippen LogP contribution in [0.15, 0.2) is 84.9 Å². The van der Waals surface area contributed by atoms with Gasteiger partial charge >= 0.3 is 0 Å². The van der Waals surface area contributed by atoms with Crippen LogP contribution in [0, 0.1) is 5.92 Å². The maximum absolute atomic E-state index is 14.9. The zero-order valence-corrected chi connectivity index (χ0v) is 21.2. The maximum Gasteiger partial charge on any atom is 0.237 e. The number of Topliss-reactive ketones (excluding diaryl/α,β-unsaturated/α-hetero) is 2. The minimum Gasteiger partial charge on any atom is -0.325 e. The van der Waals surface area contributed by atoms with Gasteiger partial charge < -0.3 is 5.32 Å². The summed E-state index contributed by atoms with van der Waals surface area (Å²) in [5.74, 6) is -1.44. The van der Waals surface area contributed by atoms with E-state index in [1.54, 1.807) is 24.3 Å². The summed E-state index contributed by atoms with van der Waals surface area (Å²) < 4.78 is 0. The molecular formula is C32H23ClN2O3. The Hall–Kier alpha value is -3.80. The average Bonchev–Trinajstić information content (AvgIpc) is 3.65. The molecule has 1 unspecified atom stereocenters. The molecule has 4 aliphatic rings. The van der Waals surface area contributed by atoms with Gasteiger partial charge in [0.05, 0.1) is 5.92 Å². The van der Waals surface area contributed by atoms with Crippen molar-refractivity contribution in [2.75, 3.05) is 11.9 Å². The standard InChI is InChI=1S/C32H23ClN2O3/c33-20-15-13-19(14-16-20)27(36)28-31(22-9-1-2-11-24(22)34-30(31)38)25-12-5-17-35(25)32(28)23-10-4-7-18-6-3-8-21(26(18)23)29(32)37/h1-4,6-11,13-16,25,28H,5,12,17H2,(H,34,38)/t25?,28-,31+,32-/m0/s1. The van der Waals surface area contributed by atoms with E-state index in [0.29, 0.717) is 22.7 Å². The first-order valence-corrected chi connectivity index (χ1v) is 13.4. The number of carbonyl (C=O) groups excluding carboxylic acids is 3. The van der Waals surface area contributed by atoms with Crippen molar-refractivity contribution in [1.29, 1.82) is 0 Å². The molecule has 1 amide bonds. The van der Waals surface area contributed by atoms with Gasteiger partial charge in [0.2, 0.25) is 5.91 Å². The number of benzene rings is 4. The first-order valence-electron chi connectivity index (χ1n) is 13.0. The summed E-state index contributed by atoms with van der Waals surface area (Å²) in [7, 11) is 0. The van der Waals surface area contributed by atoms with Crippen LogP contribution in [0.25, 0.3) is 10.8 Å². The summed E-state index contributed by atoms with van der Waals surface area (Å²) in [5, 5.41) is 5.49. The molecule has 4 aromatic carbocycles. The molecule has 38 heavy (non-hydrogen) atoms. The zero-order chi connectivity index (χ0) is 25.8. The monoisotopic (exact) mass is 518 g/mol. The lowest BCUT2D eigenvalue weighted by atomic mass is 9.59. The quantitative estimate of drug-likeness (QED) is 0.343. The van der Waals surface area contributed by atoms with E-state index in [1.165, 1.54) is 0 Å². The van der Waals surface area contributed by atoms with E-state index in [0.717, 1.165) is 40.4 Å². The van der Waals surface area contributed by atoms with Crippen LogP contribution < -0.4 is 5.32 Å². The van der Waals surface area contributed by atoms with Crippen molar-refractivity contribution in [3.8, 4) is 0 Å². The largest absolute Gasteiger partial charge is 0.325 e. The fourth-order valence-corrected chi connectivity index (χ4v) is 8.32. The van der Waals surface area contributed by atoms with E-state index >= 15 is 0 Å². The molecule has 2 saturated heterocycles. The number of nitrogens with zero attached hydrogens (tertiary/aromatic N) is 1. The van der Waals surface area contributed by atoms with Gasteiger partial charge in [-0.1, -0.05) is 66.2 Å². The molecule has 2 fully saturated rings. The van der Waals surface area contributed by atoms with Crippen molar-refractivity contribution < 1.29 is 14.4 Å². The molecule has 4 aromatic rings. The molecule has 1 aliphatic carbocycles. The summed E-state index contributed by atoms with van der Waals surface area (Å²) in [4.78, 5) is 46.3. The molecule has 0 bridgehead atoms.